The molecule has 2 fully saturated rings. The van der Waals surface area contributed by atoms with E-state index in [-0.39, 0.29) is 29.8 Å². The number of fused-ring (bicyclic) bond motifs is 3. The number of halogens is 1. The van der Waals surface area contributed by atoms with Crippen molar-refractivity contribution in [3.63, 3.8) is 0 Å². The van der Waals surface area contributed by atoms with E-state index < -0.39 is 0 Å². The lowest BCUT2D eigenvalue weighted by Gasteiger charge is -2.37. The van der Waals surface area contributed by atoms with Crippen molar-refractivity contribution < 1.29 is 9.18 Å². The first-order valence-corrected chi connectivity index (χ1v) is 8.21. The maximum absolute atomic E-state index is 13.3. The van der Waals surface area contributed by atoms with Gasteiger partial charge in [0.05, 0.1) is 4.88 Å². The van der Waals surface area contributed by atoms with Crippen LogP contribution in [0.4, 0.5) is 4.39 Å². The van der Waals surface area contributed by atoms with Crippen molar-refractivity contribution in [1.82, 2.24) is 4.90 Å². The number of carbonyl (C=O) groups is 1. The monoisotopic (exact) mass is 304 g/mol. The third-order valence-corrected chi connectivity index (χ3v) is 5.78. The molecule has 5 heteroatoms. The number of benzene rings is 1. The molecule has 3 nitrogen and oxygen atoms in total. The molecule has 2 N–H and O–H groups in total. The molecule has 0 saturated carbocycles. The van der Waals surface area contributed by atoms with E-state index >= 15 is 0 Å². The Morgan fingerprint density at radius 2 is 1.95 bits per heavy atom. The fourth-order valence-electron chi connectivity index (χ4n) is 3.79. The Bertz CT molecular complexity index is 699. The molecule has 2 unspecified atom stereocenters. The standard InChI is InChI=1S/C16H17FN2OS/c17-10-2-1-9-5-15(21-14(9)6-10)16(20)19-12-3-4-13(19)8-11(18)7-12/h1-2,5-6,11-13H,3-4,7-8,18H2. The van der Waals surface area contributed by atoms with Crippen LogP contribution in [0, 0.1) is 5.82 Å². The summed E-state index contributed by atoms with van der Waals surface area (Å²) in [5.41, 5.74) is 6.06. The van der Waals surface area contributed by atoms with Gasteiger partial charge in [0.1, 0.15) is 5.82 Å². The van der Waals surface area contributed by atoms with Crippen LogP contribution in [0.2, 0.25) is 0 Å². The second-order valence-corrected chi connectivity index (χ2v) is 7.21. The molecule has 1 aromatic carbocycles. The van der Waals surface area contributed by atoms with Crippen molar-refractivity contribution in [3.05, 3.63) is 35.0 Å². The van der Waals surface area contributed by atoms with Crippen LogP contribution in [-0.4, -0.2) is 28.9 Å². The van der Waals surface area contributed by atoms with E-state index in [0.717, 1.165) is 35.8 Å². The minimum Gasteiger partial charge on any atom is -0.332 e. The molecule has 21 heavy (non-hydrogen) atoms. The topological polar surface area (TPSA) is 46.3 Å². The van der Waals surface area contributed by atoms with Crippen LogP contribution >= 0.6 is 11.3 Å². The molecule has 2 aromatic rings. The van der Waals surface area contributed by atoms with E-state index in [9.17, 15) is 9.18 Å². The quantitative estimate of drug-likeness (QED) is 0.880. The Hall–Kier alpha value is -1.46. The first-order valence-electron chi connectivity index (χ1n) is 7.39. The van der Waals surface area contributed by atoms with Gasteiger partial charge in [-0.1, -0.05) is 6.07 Å². The van der Waals surface area contributed by atoms with Gasteiger partial charge in [-0.25, -0.2) is 4.39 Å². The highest BCUT2D eigenvalue weighted by atomic mass is 32.1. The highest BCUT2D eigenvalue weighted by Crippen LogP contribution is 2.37. The van der Waals surface area contributed by atoms with Gasteiger partial charge < -0.3 is 10.6 Å². The molecule has 4 rings (SSSR count). The maximum atomic E-state index is 13.3. The Morgan fingerprint density at radius 3 is 2.67 bits per heavy atom. The van der Waals surface area contributed by atoms with E-state index in [0.29, 0.717) is 4.88 Å². The zero-order valence-corrected chi connectivity index (χ0v) is 12.4. The lowest BCUT2D eigenvalue weighted by Crippen LogP contribution is -2.49. The minimum atomic E-state index is -0.257. The van der Waals surface area contributed by atoms with Gasteiger partial charge in [-0.05, 0) is 49.3 Å². The lowest BCUT2D eigenvalue weighted by atomic mass is 9.98. The molecule has 2 saturated heterocycles. The van der Waals surface area contributed by atoms with Gasteiger partial charge in [-0.15, -0.1) is 11.3 Å². The summed E-state index contributed by atoms with van der Waals surface area (Å²) in [5.74, 6) is -0.164. The van der Waals surface area contributed by atoms with Crippen molar-refractivity contribution in [2.45, 2.75) is 43.8 Å². The van der Waals surface area contributed by atoms with Crippen LogP contribution in [0.1, 0.15) is 35.4 Å². The Balaban J connectivity index is 1.67. The van der Waals surface area contributed by atoms with Gasteiger partial charge >= 0.3 is 0 Å². The van der Waals surface area contributed by atoms with E-state index in [1.807, 2.05) is 11.0 Å². The van der Waals surface area contributed by atoms with Crippen LogP contribution in [-0.2, 0) is 0 Å². The lowest BCUT2D eigenvalue weighted by molar-refractivity contribution is 0.0580. The molecule has 2 atom stereocenters. The van der Waals surface area contributed by atoms with Crippen LogP contribution in [0.25, 0.3) is 10.1 Å². The van der Waals surface area contributed by atoms with Crippen LogP contribution in [0.5, 0.6) is 0 Å². The normalized spacial score (nSPS) is 28.3. The molecule has 3 heterocycles. The number of thiophene rings is 1. The number of nitrogens with two attached hydrogens (primary N) is 1. The Labute approximate surface area is 126 Å². The summed E-state index contributed by atoms with van der Waals surface area (Å²) in [6.07, 6.45) is 3.93. The number of hydrogen-bond acceptors (Lipinski definition) is 3. The van der Waals surface area contributed by atoms with E-state index in [1.165, 1.54) is 23.5 Å². The highest BCUT2D eigenvalue weighted by Gasteiger charge is 2.42. The smallest absolute Gasteiger partial charge is 0.264 e. The van der Waals surface area contributed by atoms with Crippen molar-refractivity contribution in [1.29, 1.82) is 0 Å². The average molecular weight is 304 g/mol. The molecular formula is C16H17FN2OS. The van der Waals surface area contributed by atoms with Gasteiger partial charge in [0, 0.05) is 22.8 Å². The number of piperidine rings is 1. The summed E-state index contributed by atoms with van der Waals surface area (Å²) in [7, 11) is 0. The van der Waals surface area contributed by atoms with E-state index in [1.54, 1.807) is 6.07 Å². The predicted molar refractivity (Wildman–Crippen MR) is 82.0 cm³/mol. The van der Waals surface area contributed by atoms with Gasteiger partial charge in [-0.3, -0.25) is 4.79 Å². The maximum Gasteiger partial charge on any atom is 0.264 e. The molecule has 0 spiro atoms. The summed E-state index contributed by atoms with van der Waals surface area (Å²) < 4.78 is 14.1. The van der Waals surface area contributed by atoms with Gasteiger partial charge in [0.15, 0.2) is 0 Å². The molecule has 1 amide bonds. The third-order valence-electron chi connectivity index (χ3n) is 4.70. The molecule has 0 radical (unpaired) electrons. The van der Waals surface area contributed by atoms with Crippen LogP contribution in [0.15, 0.2) is 24.3 Å². The number of amides is 1. The van der Waals surface area contributed by atoms with Crippen molar-refractivity contribution in [2.24, 2.45) is 5.73 Å². The fraction of sp³-hybridized carbons (Fsp3) is 0.438. The second kappa shape index (κ2) is 4.78. The zero-order valence-electron chi connectivity index (χ0n) is 11.6. The molecule has 1 aromatic heterocycles. The van der Waals surface area contributed by atoms with Crippen LogP contribution < -0.4 is 5.73 Å². The van der Waals surface area contributed by atoms with Gasteiger partial charge in [-0.2, -0.15) is 0 Å². The Morgan fingerprint density at radius 1 is 1.24 bits per heavy atom. The van der Waals surface area contributed by atoms with Crippen molar-refractivity contribution in [3.8, 4) is 0 Å². The fourth-order valence-corrected chi connectivity index (χ4v) is 4.82. The summed E-state index contributed by atoms with van der Waals surface area (Å²) in [6, 6.07) is 7.35. The largest absolute Gasteiger partial charge is 0.332 e. The van der Waals surface area contributed by atoms with E-state index in [2.05, 4.69) is 0 Å². The number of hydrogen-bond donors (Lipinski definition) is 1. The van der Waals surface area contributed by atoms with Crippen molar-refractivity contribution >= 4 is 27.3 Å². The number of carbonyl (C=O) groups excluding carboxylic acids is 1. The summed E-state index contributed by atoms with van der Waals surface area (Å²) in [5, 5.41) is 0.936. The minimum absolute atomic E-state index is 0.0935. The van der Waals surface area contributed by atoms with E-state index in [4.69, 9.17) is 5.73 Å². The molecule has 2 aliphatic heterocycles. The number of rotatable bonds is 1. The molecule has 2 bridgehead atoms. The summed E-state index contributed by atoms with van der Waals surface area (Å²) in [6.45, 7) is 0. The molecule has 110 valence electrons. The third kappa shape index (κ3) is 2.15. The molecule has 2 aliphatic rings. The highest BCUT2D eigenvalue weighted by molar-refractivity contribution is 7.20. The first-order chi connectivity index (χ1) is 10.1. The SMILES string of the molecule is NC1CC2CCC(C1)N2C(=O)c1cc2ccc(F)cc2s1. The molecule has 0 aliphatic carbocycles. The van der Waals surface area contributed by atoms with Crippen LogP contribution in [0.3, 0.4) is 0 Å². The second-order valence-electron chi connectivity index (χ2n) is 6.12. The number of nitrogens with zero attached hydrogens (tertiary/aromatic N) is 1. The molecular weight excluding hydrogens is 287 g/mol. The first kappa shape index (κ1) is 13.2. The van der Waals surface area contributed by atoms with Crippen molar-refractivity contribution in [2.75, 3.05) is 0 Å². The Kier molecular flexibility index (Phi) is 3.01. The predicted octanol–water partition coefficient (Wildman–Crippen LogP) is 3.13. The van der Waals surface area contributed by atoms with Gasteiger partial charge in [0.25, 0.3) is 5.91 Å². The summed E-state index contributed by atoms with van der Waals surface area (Å²) in [4.78, 5) is 15.6. The van der Waals surface area contributed by atoms with Gasteiger partial charge in [0.2, 0.25) is 0 Å². The zero-order chi connectivity index (χ0) is 14.6. The summed E-state index contributed by atoms with van der Waals surface area (Å²) >= 11 is 1.38. The average Bonchev–Trinajstić information content (AvgIpc) is 2.97.